The van der Waals surface area contributed by atoms with Crippen LogP contribution in [-0.2, 0) is 9.84 Å². The molecule has 0 atom stereocenters. The molecule has 0 aliphatic heterocycles. The number of aromatic amines is 1. The van der Waals surface area contributed by atoms with Gasteiger partial charge in [0.2, 0.25) is 5.88 Å². The summed E-state index contributed by atoms with van der Waals surface area (Å²) in [4.78, 5) is 8.40. The molecule has 0 fully saturated rings. The zero-order valence-corrected chi connectivity index (χ0v) is 18.8. The highest BCUT2D eigenvalue weighted by molar-refractivity contribution is 7.90. The fourth-order valence-electron chi connectivity index (χ4n) is 3.03. The van der Waals surface area contributed by atoms with Gasteiger partial charge >= 0.3 is 6.01 Å². The first-order valence-corrected chi connectivity index (χ1v) is 12.1. The fourth-order valence-corrected chi connectivity index (χ4v) is 3.90. The minimum absolute atomic E-state index is 0.0245. The summed E-state index contributed by atoms with van der Waals surface area (Å²) < 4.78 is 61.2. The van der Waals surface area contributed by atoms with Gasteiger partial charge in [-0.1, -0.05) is 29.8 Å². The number of fused-ring (bicyclic) bond motifs is 1. The van der Waals surface area contributed by atoms with Gasteiger partial charge in [-0.15, -0.1) is 0 Å². The summed E-state index contributed by atoms with van der Waals surface area (Å²) in [5.74, 6) is -2.03. The summed E-state index contributed by atoms with van der Waals surface area (Å²) in [6, 6.07) is 9.54. The average Bonchev–Trinajstić information content (AvgIpc) is 3.17. The number of halogens is 3. The lowest BCUT2D eigenvalue weighted by atomic mass is 10.1. The van der Waals surface area contributed by atoms with Crippen LogP contribution in [0.1, 0.15) is 6.42 Å². The molecule has 172 valence electrons. The van der Waals surface area contributed by atoms with Gasteiger partial charge in [-0.25, -0.2) is 17.2 Å². The van der Waals surface area contributed by atoms with Crippen molar-refractivity contribution in [3.05, 3.63) is 59.1 Å². The number of aromatic nitrogens is 4. The number of hydrogen-bond acceptors (Lipinski definition) is 7. The molecule has 33 heavy (non-hydrogen) atoms. The Kier molecular flexibility index (Phi) is 6.43. The predicted molar refractivity (Wildman–Crippen MR) is 118 cm³/mol. The highest BCUT2D eigenvalue weighted by atomic mass is 35.5. The number of rotatable bonds is 8. The first kappa shape index (κ1) is 22.9. The Hall–Kier alpha value is -3.31. The Balaban J connectivity index is 1.74. The third-order valence-corrected chi connectivity index (χ3v) is 5.86. The van der Waals surface area contributed by atoms with Crippen molar-refractivity contribution in [1.29, 1.82) is 0 Å². The van der Waals surface area contributed by atoms with Gasteiger partial charge in [-0.2, -0.15) is 15.1 Å². The maximum absolute atomic E-state index is 14.0. The normalized spacial score (nSPS) is 11.6. The van der Waals surface area contributed by atoms with E-state index in [9.17, 15) is 17.2 Å². The van der Waals surface area contributed by atoms with E-state index in [1.807, 2.05) is 0 Å². The van der Waals surface area contributed by atoms with E-state index in [1.54, 1.807) is 24.3 Å². The van der Waals surface area contributed by atoms with Crippen molar-refractivity contribution in [2.75, 3.05) is 18.6 Å². The third-order valence-electron chi connectivity index (χ3n) is 4.50. The van der Waals surface area contributed by atoms with Gasteiger partial charge in [0.15, 0.2) is 17.2 Å². The molecule has 2 heterocycles. The average molecular weight is 495 g/mol. The van der Waals surface area contributed by atoms with E-state index in [4.69, 9.17) is 21.1 Å². The van der Waals surface area contributed by atoms with Crippen molar-refractivity contribution in [2.45, 2.75) is 6.42 Å². The molecule has 0 unspecified atom stereocenters. The molecular weight excluding hydrogens is 478 g/mol. The van der Waals surface area contributed by atoms with Gasteiger partial charge in [0, 0.05) is 22.9 Å². The molecular formula is C21H17ClF2N4O4S. The minimum atomic E-state index is -3.17. The molecule has 0 spiro atoms. The molecule has 0 aliphatic carbocycles. The number of H-pyrrole nitrogens is 1. The summed E-state index contributed by atoms with van der Waals surface area (Å²) in [7, 11) is -3.17. The molecule has 0 aliphatic rings. The first-order chi connectivity index (χ1) is 15.7. The number of hydrogen-bond donors (Lipinski definition) is 1. The van der Waals surface area contributed by atoms with E-state index < -0.39 is 21.5 Å². The topological polar surface area (TPSA) is 107 Å². The lowest BCUT2D eigenvalue weighted by molar-refractivity contribution is 0.302. The van der Waals surface area contributed by atoms with E-state index in [2.05, 4.69) is 20.2 Å². The molecule has 0 saturated heterocycles. The maximum Gasteiger partial charge on any atom is 0.327 e. The minimum Gasteiger partial charge on any atom is -0.477 e. The monoisotopic (exact) mass is 494 g/mol. The summed E-state index contributed by atoms with van der Waals surface area (Å²) in [6.07, 6.45) is 1.34. The number of nitrogens with one attached hydrogen (secondary N) is 1. The summed E-state index contributed by atoms with van der Waals surface area (Å²) >= 11 is 6.32. The number of sulfone groups is 1. The third kappa shape index (κ3) is 5.37. The van der Waals surface area contributed by atoms with Gasteiger partial charge in [-0.05, 0) is 24.6 Å². The number of ether oxygens (including phenoxy) is 2. The fraction of sp³-hybridized carbons (Fsp3) is 0.190. The second-order valence-electron chi connectivity index (χ2n) is 7.10. The molecule has 12 heteroatoms. The molecule has 8 nitrogen and oxygen atoms in total. The van der Waals surface area contributed by atoms with Crippen LogP contribution >= 0.6 is 11.6 Å². The lowest BCUT2D eigenvalue weighted by Crippen LogP contribution is -2.09. The van der Waals surface area contributed by atoms with Crippen molar-refractivity contribution in [3.8, 4) is 28.9 Å². The Bertz CT molecular complexity index is 1430. The predicted octanol–water partition coefficient (Wildman–Crippen LogP) is 4.56. The van der Waals surface area contributed by atoms with Crippen molar-refractivity contribution >= 4 is 32.5 Å². The van der Waals surface area contributed by atoms with Crippen molar-refractivity contribution in [3.63, 3.8) is 0 Å². The molecule has 0 amide bonds. The van der Waals surface area contributed by atoms with Crippen LogP contribution in [0.15, 0.2) is 42.5 Å². The Morgan fingerprint density at radius 2 is 1.91 bits per heavy atom. The van der Waals surface area contributed by atoms with Gasteiger partial charge in [0.05, 0.1) is 18.1 Å². The van der Waals surface area contributed by atoms with E-state index in [0.717, 1.165) is 18.4 Å². The maximum atomic E-state index is 14.0. The van der Waals surface area contributed by atoms with Crippen LogP contribution < -0.4 is 9.47 Å². The van der Waals surface area contributed by atoms with Crippen molar-refractivity contribution in [2.24, 2.45) is 0 Å². The highest BCUT2D eigenvalue weighted by Gasteiger charge is 2.21. The second-order valence-corrected chi connectivity index (χ2v) is 9.76. The largest absolute Gasteiger partial charge is 0.477 e. The van der Waals surface area contributed by atoms with Gasteiger partial charge in [0.1, 0.15) is 21.0 Å². The standard InChI is InChI=1S/C21H17ClF2N4O4S/c1-33(29,30)10-4-9-31-20-17-18(13-5-2-3-6-14(13)22)27-28-19(17)25-21(26-20)32-16-8-7-12(23)11-15(16)24/h2-3,5-8,11H,4,9-10H2,1H3,(H,25,26,27,28). The molecule has 0 bridgehead atoms. The summed E-state index contributed by atoms with van der Waals surface area (Å²) in [5, 5.41) is 7.83. The van der Waals surface area contributed by atoms with Crippen molar-refractivity contribution < 1.29 is 26.7 Å². The Labute approximate surface area is 192 Å². The number of benzene rings is 2. The molecule has 4 aromatic rings. The molecule has 1 N–H and O–H groups in total. The quantitative estimate of drug-likeness (QED) is 0.358. The molecule has 2 aromatic carbocycles. The van der Waals surface area contributed by atoms with Gasteiger partial charge in [-0.3, -0.25) is 5.10 Å². The van der Waals surface area contributed by atoms with Crippen molar-refractivity contribution in [1.82, 2.24) is 20.2 Å². The lowest BCUT2D eigenvalue weighted by Gasteiger charge is -2.10. The van der Waals surface area contributed by atoms with E-state index >= 15 is 0 Å². The Morgan fingerprint density at radius 3 is 2.64 bits per heavy atom. The Morgan fingerprint density at radius 1 is 1.12 bits per heavy atom. The molecule has 0 saturated carbocycles. The van der Waals surface area contributed by atoms with Crippen LogP contribution in [0.2, 0.25) is 5.02 Å². The first-order valence-electron chi connectivity index (χ1n) is 9.66. The zero-order valence-electron chi connectivity index (χ0n) is 17.2. The van der Waals surface area contributed by atoms with Crippen LogP contribution in [0.3, 0.4) is 0 Å². The smallest absolute Gasteiger partial charge is 0.327 e. The SMILES string of the molecule is CS(=O)(=O)CCCOc1nc(Oc2ccc(F)cc2F)nc2n[nH]c(-c3ccccc3Cl)c12. The van der Waals surface area contributed by atoms with Crippen LogP contribution in [0.4, 0.5) is 8.78 Å². The second kappa shape index (κ2) is 9.28. The molecule has 0 radical (unpaired) electrons. The van der Waals surface area contributed by atoms with Crippen LogP contribution in [0.5, 0.6) is 17.6 Å². The van der Waals surface area contributed by atoms with Crippen LogP contribution in [0, 0.1) is 11.6 Å². The molecule has 4 rings (SSSR count). The highest BCUT2D eigenvalue weighted by Crippen LogP contribution is 2.37. The van der Waals surface area contributed by atoms with Crippen LogP contribution in [0.25, 0.3) is 22.3 Å². The van der Waals surface area contributed by atoms with E-state index in [1.165, 1.54) is 0 Å². The van der Waals surface area contributed by atoms with E-state index in [0.29, 0.717) is 27.7 Å². The number of nitrogens with zero attached hydrogens (tertiary/aromatic N) is 3. The zero-order chi connectivity index (χ0) is 23.6. The van der Waals surface area contributed by atoms with Crippen LogP contribution in [-0.4, -0.2) is 47.2 Å². The summed E-state index contributed by atoms with van der Waals surface area (Å²) in [6.45, 7) is 0.0245. The van der Waals surface area contributed by atoms with Gasteiger partial charge in [0.25, 0.3) is 0 Å². The van der Waals surface area contributed by atoms with E-state index in [-0.39, 0.29) is 42.1 Å². The van der Waals surface area contributed by atoms with Gasteiger partial charge < -0.3 is 9.47 Å². The summed E-state index contributed by atoms with van der Waals surface area (Å²) in [5.41, 5.74) is 1.24. The molecule has 2 aromatic heterocycles.